The number of ether oxygens (including phenoxy) is 2. The van der Waals surface area contributed by atoms with E-state index in [0.29, 0.717) is 32.5 Å². The van der Waals surface area contributed by atoms with Gasteiger partial charge in [-0.25, -0.2) is 0 Å². The fourth-order valence-corrected chi connectivity index (χ4v) is 4.60. The van der Waals surface area contributed by atoms with E-state index in [4.69, 9.17) is 9.47 Å². The number of rotatable bonds is 7. The number of amides is 2. The molecule has 8 nitrogen and oxygen atoms in total. The van der Waals surface area contributed by atoms with Crippen LogP contribution in [0.2, 0.25) is 0 Å². The Kier molecular flexibility index (Phi) is 11.3. The molecule has 1 fully saturated rings. The van der Waals surface area contributed by atoms with Gasteiger partial charge in [-0.3, -0.25) is 19.4 Å². The Morgan fingerprint density at radius 1 is 1.11 bits per heavy atom. The van der Waals surface area contributed by atoms with Crippen molar-refractivity contribution in [3.05, 3.63) is 29.3 Å². The molecule has 8 heteroatoms. The van der Waals surface area contributed by atoms with Gasteiger partial charge in [0.15, 0.2) is 0 Å². The van der Waals surface area contributed by atoms with E-state index in [2.05, 4.69) is 41.1 Å². The van der Waals surface area contributed by atoms with Crippen LogP contribution in [0.4, 0.5) is 0 Å². The Balaban J connectivity index is 1.62. The number of piperazine rings is 1. The lowest BCUT2D eigenvalue weighted by atomic mass is 10.0. The molecule has 0 atom stereocenters. The molecule has 3 rings (SSSR count). The van der Waals surface area contributed by atoms with Gasteiger partial charge >= 0.3 is 0 Å². The summed E-state index contributed by atoms with van der Waals surface area (Å²) in [4.78, 5) is 31.8. The van der Waals surface area contributed by atoms with Crippen molar-refractivity contribution < 1.29 is 19.1 Å². The largest absolute Gasteiger partial charge is 0.493 e. The smallest absolute Gasteiger partial charge is 0.234 e. The Bertz CT molecular complexity index is 808. The highest BCUT2D eigenvalue weighted by atomic mass is 16.5. The second-order valence-corrected chi connectivity index (χ2v) is 9.92. The first-order chi connectivity index (χ1) is 17.0. The maximum Gasteiger partial charge on any atom is 0.234 e. The van der Waals surface area contributed by atoms with Gasteiger partial charge in [0.1, 0.15) is 5.75 Å². The average molecular weight is 489 g/mol. The highest BCUT2D eigenvalue weighted by molar-refractivity contribution is 5.78. The van der Waals surface area contributed by atoms with Crippen LogP contribution in [0.1, 0.15) is 50.7 Å². The molecule has 1 aromatic rings. The molecular weight excluding hydrogens is 444 g/mol. The first-order valence-corrected chi connectivity index (χ1v) is 13.2. The molecule has 0 aromatic heterocycles. The average Bonchev–Trinajstić information content (AvgIpc) is 2.87. The van der Waals surface area contributed by atoms with Crippen LogP contribution in [-0.4, -0.2) is 98.7 Å². The summed E-state index contributed by atoms with van der Waals surface area (Å²) in [5.41, 5.74) is 2.22. The third kappa shape index (κ3) is 9.09. The minimum Gasteiger partial charge on any atom is -0.493 e. The molecule has 0 unspecified atom stereocenters. The van der Waals surface area contributed by atoms with Gasteiger partial charge in [-0.15, -0.1) is 0 Å². The molecule has 1 saturated heterocycles. The monoisotopic (exact) mass is 488 g/mol. The fourth-order valence-electron chi connectivity index (χ4n) is 4.60. The van der Waals surface area contributed by atoms with Crippen molar-refractivity contribution in [1.82, 2.24) is 20.0 Å². The molecule has 35 heavy (non-hydrogen) atoms. The zero-order valence-corrected chi connectivity index (χ0v) is 21.9. The molecule has 2 aliphatic heterocycles. The number of aryl methyl sites for hydroxylation is 1. The van der Waals surface area contributed by atoms with E-state index in [-0.39, 0.29) is 17.9 Å². The summed E-state index contributed by atoms with van der Waals surface area (Å²) < 4.78 is 11.3. The quantitative estimate of drug-likeness (QED) is 0.635. The summed E-state index contributed by atoms with van der Waals surface area (Å²) in [5.74, 6) is 1.18. The van der Waals surface area contributed by atoms with E-state index in [9.17, 15) is 9.59 Å². The Morgan fingerprint density at radius 2 is 1.91 bits per heavy atom. The van der Waals surface area contributed by atoms with Crippen LogP contribution in [-0.2, 0) is 27.3 Å². The van der Waals surface area contributed by atoms with Crippen molar-refractivity contribution in [2.75, 3.05) is 66.1 Å². The molecule has 1 N–H and O–H groups in total. The van der Waals surface area contributed by atoms with Crippen molar-refractivity contribution in [3.63, 3.8) is 0 Å². The van der Waals surface area contributed by atoms with E-state index in [0.717, 1.165) is 82.0 Å². The standard InChI is InChI=1S/C27H44N4O4/c1-22(2)31-20-24-19-23(7-9-25(24)35-17-6-4-5-11-28-26(32)21-31)8-10-27(33)30-14-12-29(13-15-30)16-18-34-3/h7,9,19,22H,4-6,8,10-18,20-21H2,1-3H3,(H,28,32). The summed E-state index contributed by atoms with van der Waals surface area (Å²) >= 11 is 0. The predicted molar refractivity (Wildman–Crippen MR) is 138 cm³/mol. The number of fused-ring (bicyclic) bond motifs is 1. The molecule has 0 bridgehead atoms. The van der Waals surface area contributed by atoms with Gasteiger partial charge in [-0.05, 0) is 51.2 Å². The van der Waals surface area contributed by atoms with E-state index < -0.39 is 0 Å². The van der Waals surface area contributed by atoms with Gasteiger partial charge in [-0.1, -0.05) is 12.1 Å². The molecule has 0 spiro atoms. The summed E-state index contributed by atoms with van der Waals surface area (Å²) in [5, 5.41) is 3.04. The van der Waals surface area contributed by atoms with Crippen molar-refractivity contribution in [3.8, 4) is 5.75 Å². The number of carbonyl (C=O) groups excluding carboxylic acids is 2. The molecule has 2 aliphatic rings. The number of benzene rings is 1. The summed E-state index contributed by atoms with van der Waals surface area (Å²) in [6, 6.07) is 6.52. The van der Waals surface area contributed by atoms with E-state index in [1.165, 1.54) is 0 Å². The minimum absolute atomic E-state index is 0.0736. The highest BCUT2D eigenvalue weighted by Gasteiger charge is 2.21. The molecular formula is C27H44N4O4. The number of carbonyl (C=O) groups is 2. The normalized spacial score (nSPS) is 19.2. The number of hydrogen-bond acceptors (Lipinski definition) is 6. The van der Waals surface area contributed by atoms with E-state index >= 15 is 0 Å². The maximum absolute atomic E-state index is 12.9. The van der Waals surface area contributed by atoms with Gasteiger partial charge in [0.05, 0.1) is 19.8 Å². The minimum atomic E-state index is 0.0736. The zero-order chi connectivity index (χ0) is 25.0. The lowest BCUT2D eigenvalue weighted by Gasteiger charge is -2.34. The fraction of sp³-hybridized carbons (Fsp3) is 0.704. The maximum atomic E-state index is 12.9. The van der Waals surface area contributed by atoms with Crippen molar-refractivity contribution >= 4 is 11.8 Å². The first kappa shape index (κ1) is 27.4. The molecule has 196 valence electrons. The molecule has 2 heterocycles. The van der Waals surface area contributed by atoms with Gasteiger partial charge < -0.3 is 19.7 Å². The van der Waals surface area contributed by atoms with Crippen LogP contribution in [0.25, 0.3) is 0 Å². The topological polar surface area (TPSA) is 74.4 Å². The Hall–Kier alpha value is -2.16. The zero-order valence-electron chi connectivity index (χ0n) is 21.9. The van der Waals surface area contributed by atoms with Crippen molar-refractivity contribution in [1.29, 1.82) is 0 Å². The van der Waals surface area contributed by atoms with Crippen LogP contribution >= 0.6 is 0 Å². The first-order valence-electron chi connectivity index (χ1n) is 13.2. The van der Waals surface area contributed by atoms with Crippen LogP contribution < -0.4 is 10.1 Å². The third-order valence-electron chi connectivity index (χ3n) is 6.94. The summed E-state index contributed by atoms with van der Waals surface area (Å²) in [6.45, 7) is 11.7. The van der Waals surface area contributed by atoms with Crippen LogP contribution in [0, 0.1) is 0 Å². The van der Waals surface area contributed by atoms with E-state index in [1.54, 1.807) is 7.11 Å². The van der Waals surface area contributed by atoms with Gasteiger partial charge in [0, 0.05) is 70.9 Å². The highest BCUT2D eigenvalue weighted by Crippen LogP contribution is 2.24. The van der Waals surface area contributed by atoms with Gasteiger partial charge in [0.25, 0.3) is 0 Å². The lowest BCUT2D eigenvalue weighted by molar-refractivity contribution is -0.133. The molecule has 0 saturated carbocycles. The van der Waals surface area contributed by atoms with Crippen LogP contribution in [0.15, 0.2) is 18.2 Å². The van der Waals surface area contributed by atoms with Gasteiger partial charge in [0.2, 0.25) is 11.8 Å². The van der Waals surface area contributed by atoms with Crippen molar-refractivity contribution in [2.24, 2.45) is 0 Å². The second-order valence-electron chi connectivity index (χ2n) is 9.92. The van der Waals surface area contributed by atoms with Crippen LogP contribution in [0.5, 0.6) is 5.75 Å². The predicted octanol–water partition coefficient (Wildman–Crippen LogP) is 2.30. The molecule has 0 aliphatic carbocycles. The lowest BCUT2D eigenvalue weighted by Crippen LogP contribution is -2.49. The number of nitrogens with one attached hydrogen (secondary N) is 1. The SMILES string of the molecule is COCCN1CCN(C(=O)CCc2ccc3c(c2)CN(C(C)C)CC(=O)NCCCCCO3)CC1. The Morgan fingerprint density at radius 3 is 2.66 bits per heavy atom. The summed E-state index contributed by atoms with van der Waals surface area (Å²) in [7, 11) is 1.72. The molecule has 2 amide bonds. The summed E-state index contributed by atoms with van der Waals surface area (Å²) in [6.07, 6.45) is 4.19. The number of methoxy groups -OCH3 is 1. The Labute approximate surface area is 210 Å². The van der Waals surface area contributed by atoms with E-state index in [1.807, 2.05) is 11.0 Å². The molecule has 0 radical (unpaired) electrons. The number of nitrogens with zero attached hydrogens (tertiary/aromatic N) is 3. The van der Waals surface area contributed by atoms with Crippen molar-refractivity contribution in [2.45, 2.75) is 58.5 Å². The molecule has 1 aromatic carbocycles. The number of hydrogen-bond donors (Lipinski definition) is 1. The van der Waals surface area contributed by atoms with Crippen LogP contribution in [0.3, 0.4) is 0 Å². The second kappa shape index (κ2) is 14.4. The third-order valence-corrected chi connectivity index (χ3v) is 6.94. The van der Waals surface area contributed by atoms with Gasteiger partial charge in [-0.2, -0.15) is 0 Å².